The summed E-state index contributed by atoms with van der Waals surface area (Å²) >= 11 is 0. The van der Waals surface area contributed by atoms with Crippen LogP contribution in [-0.2, 0) is 0 Å². The lowest BCUT2D eigenvalue weighted by atomic mass is 10.0. The fourth-order valence-corrected chi connectivity index (χ4v) is 2.89. The average Bonchev–Trinajstić information content (AvgIpc) is 2.67. The van der Waals surface area contributed by atoms with Gasteiger partial charge in [0.1, 0.15) is 11.9 Å². The summed E-state index contributed by atoms with van der Waals surface area (Å²) in [7, 11) is 1.73. The van der Waals surface area contributed by atoms with Crippen LogP contribution in [0.25, 0.3) is 0 Å². The number of nitrogens with one attached hydrogen (secondary N) is 2. The van der Waals surface area contributed by atoms with Crippen molar-refractivity contribution < 1.29 is 13.9 Å². The molecule has 146 valence electrons. The van der Waals surface area contributed by atoms with E-state index in [0.717, 1.165) is 17.7 Å². The van der Waals surface area contributed by atoms with Crippen LogP contribution in [-0.4, -0.2) is 32.3 Å². The molecule has 1 heterocycles. The Morgan fingerprint density at radius 2 is 2.00 bits per heavy atom. The van der Waals surface area contributed by atoms with E-state index in [1.807, 2.05) is 25.1 Å². The molecule has 0 fully saturated rings. The van der Waals surface area contributed by atoms with E-state index >= 15 is 0 Å². The van der Waals surface area contributed by atoms with Crippen LogP contribution >= 0.6 is 24.0 Å². The highest BCUT2D eigenvalue weighted by molar-refractivity contribution is 14.0. The number of ether oxygens (including phenoxy) is 2. The van der Waals surface area contributed by atoms with E-state index in [0.29, 0.717) is 19.1 Å². The van der Waals surface area contributed by atoms with Gasteiger partial charge in [-0.2, -0.15) is 0 Å². The number of guanidine groups is 1. The maximum absolute atomic E-state index is 13.7. The van der Waals surface area contributed by atoms with Gasteiger partial charge in [-0.1, -0.05) is 30.3 Å². The molecule has 2 atom stereocenters. The predicted octanol–water partition coefficient (Wildman–Crippen LogP) is 3.90. The number of benzene rings is 2. The van der Waals surface area contributed by atoms with E-state index in [1.54, 1.807) is 25.2 Å². The lowest BCUT2D eigenvalue weighted by molar-refractivity contribution is 0.213. The minimum atomic E-state index is -0.360. The Bertz CT molecular complexity index is 772. The summed E-state index contributed by atoms with van der Waals surface area (Å²) in [6, 6.07) is 14.5. The quantitative estimate of drug-likeness (QED) is 0.384. The molecule has 0 amide bonds. The molecule has 7 heteroatoms. The Morgan fingerprint density at radius 1 is 1.26 bits per heavy atom. The van der Waals surface area contributed by atoms with Gasteiger partial charge in [0.2, 0.25) is 0 Å². The lowest BCUT2D eigenvalue weighted by Gasteiger charge is -2.28. The third kappa shape index (κ3) is 5.72. The molecule has 5 nitrogen and oxygen atoms in total. The van der Waals surface area contributed by atoms with E-state index in [4.69, 9.17) is 9.47 Å². The molecule has 0 saturated heterocycles. The van der Waals surface area contributed by atoms with Crippen LogP contribution in [0, 0.1) is 5.82 Å². The summed E-state index contributed by atoms with van der Waals surface area (Å²) in [6.07, 6.45) is 0.645. The molecule has 2 aromatic carbocycles. The van der Waals surface area contributed by atoms with E-state index in [1.165, 1.54) is 6.07 Å². The zero-order valence-electron chi connectivity index (χ0n) is 15.4. The van der Waals surface area contributed by atoms with E-state index in [-0.39, 0.29) is 47.7 Å². The highest BCUT2D eigenvalue weighted by Crippen LogP contribution is 2.31. The van der Waals surface area contributed by atoms with Crippen LogP contribution < -0.4 is 20.1 Å². The van der Waals surface area contributed by atoms with E-state index in [9.17, 15) is 4.39 Å². The maximum atomic E-state index is 13.7. The van der Waals surface area contributed by atoms with Crippen molar-refractivity contribution in [1.82, 2.24) is 10.6 Å². The molecule has 1 aliphatic rings. The number of halogens is 2. The van der Waals surface area contributed by atoms with Gasteiger partial charge in [0.25, 0.3) is 0 Å². The first-order valence-corrected chi connectivity index (χ1v) is 8.77. The van der Waals surface area contributed by atoms with Crippen LogP contribution in [0.4, 0.5) is 4.39 Å². The summed E-state index contributed by atoms with van der Waals surface area (Å²) in [4.78, 5) is 4.28. The van der Waals surface area contributed by atoms with Crippen molar-refractivity contribution in [3.8, 4) is 11.5 Å². The molecular formula is C20H25FIN3O2. The molecule has 1 aliphatic heterocycles. The fraction of sp³-hybridized carbons (Fsp3) is 0.350. The molecule has 0 aliphatic carbocycles. The van der Waals surface area contributed by atoms with Crippen LogP contribution in [0.1, 0.15) is 24.9 Å². The van der Waals surface area contributed by atoms with Crippen LogP contribution in [0.15, 0.2) is 53.5 Å². The van der Waals surface area contributed by atoms with Gasteiger partial charge >= 0.3 is 0 Å². The normalized spacial score (nSPS) is 17.0. The van der Waals surface area contributed by atoms with Crippen molar-refractivity contribution in [3.63, 3.8) is 0 Å². The van der Waals surface area contributed by atoms with Gasteiger partial charge in [0.15, 0.2) is 17.5 Å². The average molecular weight is 485 g/mol. The summed E-state index contributed by atoms with van der Waals surface area (Å²) in [5, 5.41) is 6.66. The molecule has 0 aromatic heterocycles. The third-order valence-corrected chi connectivity index (χ3v) is 4.21. The zero-order valence-corrected chi connectivity index (χ0v) is 17.8. The molecule has 2 N–H and O–H groups in total. The highest BCUT2D eigenvalue weighted by Gasteiger charge is 2.22. The second-order valence-corrected chi connectivity index (χ2v) is 6.18. The largest absolute Gasteiger partial charge is 0.493 e. The number of hydrogen-bond donors (Lipinski definition) is 2. The zero-order chi connectivity index (χ0) is 18.4. The van der Waals surface area contributed by atoms with Crippen LogP contribution in [0.5, 0.6) is 11.5 Å². The van der Waals surface area contributed by atoms with Crippen molar-refractivity contribution in [2.45, 2.75) is 25.5 Å². The Kier molecular flexibility index (Phi) is 8.15. The monoisotopic (exact) mass is 485 g/mol. The second-order valence-electron chi connectivity index (χ2n) is 6.18. The number of hydrogen-bond acceptors (Lipinski definition) is 3. The number of nitrogens with zero attached hydrogens (tertiary/aromatic N) is 1. The van der Waals surface area contributed by atoms with Crippen LogP contribution in [0.2, 0.25) is 0 Å². The molecule has 0 bridgehead atoms. The summed E-state index contributed by atoms with van der Waals surface area (Å²) < 4.78 is 25.0. The first kappa shape index (κ1) is 21.3. The van der Waals surface area contributed by atoms with Crippen LogP contribution in [0.3, 0.4) is 0 Å². The molecule has 2 aromatic rings. The Hall–Kier alpha value is -2.03. The smallest absolute Gasteiger partial charge is 0.191 e. The third-order valence-electron chi connectivity index (χ3n) is 4.21. The fourth-order valence-electron chi connectivity index (χ4n) is 2.89. The van der Waals surface area contributed by atoms with Gasteiger partial charge in [-0.05, 0) is 25.1 Å². The van der Waals surface area contributed by atoms with Gasteiger partial charge in [-0.3, -0.25) is 4.99 Å². The molecule has 2 unspecified atom stereocenters. The minimum absolute atomic E-state index is 0. The number of fused-ring (bicyclic) bond motifs is 1. The Labute approximate surface area is 176 Å². The van der Waals surface area contributed by atoms with Gasteiger partial charge in [-0.15, -0.1) is 24.0 Å². The Morgan fingerprint density at radius 3 is 2.78 bits per heavy atom. The lowest BCUT2D eigenvalue weighted by Crippen LogP contribution is -2.44. The van der Waals surface area contributed by atoms with Crippen molar-refractivity contribution in [1.29, 1.82) is 0 Å². The Balaban J connectivity index is 0.00000261. The van der Waals surface area contributed by atoms with Crippen molar-refractivity contribution in [2.75, 3.05) is 20.2 Å². The topological polar surface area (TPSA) is 54.9 Å². The molecule has 0 spiro atoms. The van der Waals surface area contributed by atoms with Gasteiger partial charge in [-0.25, -0.2) is 4.39 Å². The van der Waals surface area contributed by atoms with Gasteiger partial charge in [0, 0.05) is 19.0 Å². The predicted molar refractivity (Wildman–Crippen MR) is 116 cm³/mol. The number of para-hydroxylation sites is 2. The van der Waals surface area contributed by atoms with E-state index < -0.39 is 0 Å². The van der Waals surface area contributed by atoms with Crippen molar-refractivity contribution in [3.05, 3.63) is 59.9 Å². The first-order valence-electron chi connectivity index (χ1n) is 8.77. The highest BCUT2D eigenvalue weighted by atomic mass is 127. The first-order chi connectivity index (χ1) is 12.7. The van der Waals surface area contributed by atoms with Gasteiger partial charge < -0.3 is 20.1 Å². The SMILES string of the molecule is CN=C(NCC(C)Oc1ccccc1F)NC1CCOc2ccccc21.I. The summed E-state index contributed by atoms with van der Waals surface area (Å²) in [6.45, 7) is 3.05. The molecule has 0 radical (unpaired) electrons. The van der Waals surface area contributed by atoms with Crippen molar-refractivity contribution in [2.24, 2.45) is 4.99 Å². The van der Waals surface area contributed by atoms with Gasteiger partial charge in [0.05, 0.1) is 19.2 Å². The molecule has 0 saturated carbocycles. The second kappa shape index (κ2) is 10.3. The molecular weight excluding hydrogens is 460 g/mol. The molecule has 3 rings (SSSR count). The molecule has 27 heavy (non-hydrogen) atoms. The van der Waals surface area contributed by atoms with E-state index in [2.05, 4.69) is 21.7 Å². The summed E-state index contributed by atoms with van der Waals surface area (Å²) in [5.74, 6) is 1.47. The number of aliphatic imine (C=N–C) groups is 1. The minimum Gasteiger partial charge on any atom is -0.493 e. The maximum Gasteiger partial charge on any atom is 0.191 e. The number of rotatable bonds is 5. The summed E-state index contributed by atoms with van der Waals surface area (Å²) in [5.41, 5.74) is 1.12. The standard InChI is InChI=1S/C20H24FN3O2.HI/c1-14(26-19-10-6-4-8-16(19)21)13-23-20(22-2)24-17-11-12-25-18-9-5-3-7-15(17)18;/h3-10,14,17H,11-13H2,1-2H3,(H2,22,23,24);1H. The van der Waals surface area contributed by atoms with Crippen molar-refractivity contribution >= 4 is 29.9 Å².